The molecular formula is C35H67N3O6. The minimum absolute atomic E-state index is 0.0395. The molecule has 44 heavy (non-hydrogen) atoms. The van der Waals surface area contributed by atoms with Crippen LogP contribution in [0.4, 0.5) is 0 Å². The fourth-order valence-corrected chi connectivity index (χ4v) is 4.71. The molecule has 3 amide bonds. The number of carbonyl (C=O) groups excluding carboxylic acids is 4. The smallest absolute Gasteiger partial charge is 0.245 e. The molecule has 3 N–H and O–H groups in total. The maximum Gasteiger partial charge on any atom is 0.245 e. The fraction of sp³-hybridized carbons (Fsp3) is 0.886. The largest absolute Gasteiger partial charge is 0.377 e. The zero-order chi connectivity index (χ0) is 32.9. The molecule has 0 atom stereocenters. The maximum atomic E-state index is 12.5. The molecule has 0 fully saturated rings. The van der Waals surface area contributed by atoms with E-state index in [-0.39, 0.29) is 42.5 Å². The van der Waals surface area contributed by atoms with Crippen LogP contribution in [0.25, 0.3) is 0 Å². The van der Waals surface area contributed by atoms with Gasteiger partial charge in [0.2, 0.25) is 17.7 Å². The molecule has 0 aliphatic rings. The molecule has 0 rings (SSSR count). The lowest BCUT2D eigenvalue weighted by Crippen LogP contribution is -2.55. The summed E-state index contributed by atoms with van der Waals surface area (Å²) >= 11 is 0. The highest BCUT2D eigenvalue weighted by molar-refractivity contribution is 5.90. The summed E-state index contributed by atoms with van der Waals surface area (Å²) in [5, 5.41) is 8.42. The van der Waals surface area contributed by atoms with E-state index in [2.05, 4.69) is 22.9 Å². The number of nitrogens with one attached hydrogen (secondary N) is 3. The first-order valence-electron chi connectivity index (χ1n) is 17.6. The van der Waals surface area contributed by atoms with E-state index in [0.717, 1.165) is 12.8 Å². The number of ketones is 1. The predicted octanol–water partition coefficient (Wildman–Crippen LogP) is 6.41. The maximum absolute atomic E-state index is 12.5. The van der Waals surface area contributed by atoms with Gasteiger partial charge in [0.05, 0.1) is 19.8 Å². The van der Waals surface area contributed by atoms with Crippen LogP contribution in [0.1, 0.15) is 150 Å². The zero-order valence-corrected chi connectivity index (χ0v) is 29.0. The van der Waals surface area contributed by atoms with Gasteiger partial charge in [-0.3, -0.25) is 19.2 Å². The molecule has 0 bridgehead atoms. The van der Waals surface area contributed by atoms with E-state index < -0.39 is 5.54 Å². The number of carbonyl (C=O) groups is 4. The predicted molar refractivity (Wildman–Crippen MR) is 179 cm³/mol. The van der Waals surface area contributed by atoms with E-state index in [1.807, 2.05) is 13.8 Å². The van der Waals surface area contributed by atoms with E-state index >= 15 is 0 Å². The molecule has 0 aromatic carbocycles. The van der Waals surface area contributed by atoms with E-state index in [0.29, 0.717) is 45.8 Å². The molecule has 9 heteroatoms. The minimum atomic E-state index is -1.06. The molecule has 0 aromatic rings. The molecule has 0 saturated carbocycles. The highest BCUT2D eigenvalue weighted by Crippen LogP contribution is 2.13. The van der Waals surface area contributed by atoms with Crippen molar-refractivity contribution in [2.45, 2.75) is 156 Å². The van der Waals surface area contributed by atoms with Crippen LogP contribution >= 0.6 is 0 Å². The topological polar surface area (TPSA) is 123 Å². The summed E-state index contributed by atoms with van der Waals surface area (Å²) in [4.78, 5) is 48.4. The number of Topliss-reactive ketones (excluding diaryl/α,β-unsaturated/α-hetero) is 1. The normalized spacial score (nSPS) is 11.5. The van der Waals surface area contributed by atoms with Crippen molar-refractivity contribution < 1.29 is 28.7 Å². The third-order valence-electron chi connectivity index (χ3n) is 7.72. The van der Waals surface area contributed by atoms with E-state index in [4.69, 9.17) is 9.47 Å². The van der Waals surface area contributed by atoms with E-state index in [9.17, 15) is 19.2 Å². The Morgan fingerprint density at radius 3 is 1.64 bits per heavy atom. The third kappa shape index (κ3) is 26.4. The number of rotatable bonds is 31. The van der Waals surface area contributed by atoms with Gasteiger partial charge in [-0.2, -0.15) is 0 Å². The lowest BCUT2D eigenvalue weighted by molar-refractivity contribution is -0.132. The van der Waals surface area contributed by atoms with Crippen molar-refractivity contribution in [3.05, 3.63) is 0 Å². The van der Waals surface area contributed by atoms with Gasteiger partial charge in [-0.1, -0.05) is 111 Å². The first-order valence-corrected chi connectivity index (χ1v) is 17.6. The second-order valence-electron chi connectivity index (χ2n) is 12.9. The first kappa shape index (κ1) is 42.0. The molecule has 0 aromatic heterocycles. The number of hydrogen-bond acceptors (Lipinski definition) is 6. The van der Waals surface area contributed by atoms with Crippen molar-refractivity contribution in [2.75, 3.05) is 39.5 Å². The molecule has 0 spiro atoms. The van der Waals surface area contributed by atoms with Gasteiger partial charge in [0.25, 0.3) is 0 Å². The zero-order valence-electron chi connectivity index (χ0n) is 29.0. The summed E-state index contributed by atoms with van der Waals surface area (Å²) in [6.07, 6.45) is 20.8. The summed E-state index contributed by atoms with van der Waals surface area (Å²) < 4.78 is 10.7. The molecule has 0 aliphatic carbocycles. The number of unbranched alkanes of at least 4 members (excludes halogenated alkanes) is 14. The Kier molecular flexibility index (Phi) is 27.2. The average Bonchev–Trinajstić information content (AvgIpc) is 2.98. The Labute approximate surface area is 269 Å². The monoisotopic (exact) mass is 626 g/mol. The van der Waals surface area contributed by atoms with Crippen LogP contribution in [0.3, 0.4) is 0 Å². The van der Waals surface area contributed by atoms with Crippen molar-refractivity contribution in [3.8, 4) is 0 Å². The standard InChI is InChI=1S/C35H67N3O6/c1-6-7-8-9-10-11-12-13-14-15-16-17-18-19-20-22-32(40)36-24-21-23-33(41)38-35(4,5)34(42)37-25-26-43-27-28-44-29-31(39)30(2)3/h30H,6-29H2,1-5H3,(H,36,40)(H,37,42)(H,38,41). The van der Waals surface area contributed by atoms with Gasteiger partial charge in [-0.05, 0) is 26.7 Å². The third-order valence-corrected chi connectivity index (χ3v) is 7.72. The molecular weight excluding hydrogens is 558 g/mol. The molecule has 0 saturated heterocycles. The Morgan fingerprint density at radius 2 is 1.09 bits per heavy atom. The second kappa shape index (κ2) is 28.5. The minimum Gasteiger partial charge on any atom is -0.377 e. The van der Waals surface area contributed by atoms with Crippen molar-refractivity contribution >= 4 is 23.5 Å². The summed E-state index contributed by atoms with van der Waals surface area (Å²) in [6, 6.07) is 0. The average molecular weight is 626 g/mol. The van der Waals surface area contributed by atoms with Gasteiger partial charge in [0.15, 0.2) is 5.78 Å². The molecule has 258 valence electrons. The van der Waals surface area contributed by atoms with Crippen molar-refractivity contribution in [2.24, 2.45) is 5.92 Å². The summed E-state index contributed by atoms with van der Waals surface area (Å²) in [5.41, 5.74) is -1.06. The van der Waals surface area contributed by atoms with Crippen LogP contribution in [0, 0.1) is 5.92 Å². The van der Waals surface area contributed by atoms with Crippen molar-refractivity contribution in [3.63, 3.8) is 0 Å². The van der Waals surface area contributed by atoms with Crippen LogP contribution in [0.2, 0.25) is 0 Å². The highest BCUT2D eigenvalue weighted by atomic mass is 16.5. The lowest BCUT2D eigenvalue weighted by Gasteiger charge is -2.25. The summed E-state index contributed by atoms with van der Waals surface area (Å²) in [7, 11) is 0. The number of hydrogen-bond donors (Lipinski definition) is 3. The Bertz CT molecular complexity index is 757. The van der Waals surface area contributed by atoms with Crippen LogP contribution < -0.4 is 16.0 Å². The molecule has 0 aliphatic heterocycles. The first-order chi connectivity index (χ1) is 21.1. The van der Waals surface area contributed by atoms with Gasteiger partial charge < -0.3 is 25.4 Å². The number of ether oxygens (including phenoxy) is 2. The number of amides is 3. The SMILES string of the molecule is CCCCCCCCCCCCCCCCCC(=O)NCCCC(=O)NC(C)(C)C(=O)NCCOCCOCC(=O)C(C)C. The second-order valence-corrected chi connectivity index (χ2v) is 12.9. The van der Waals surface area contributed by atoms with Crippen molar-refractivity contribution in [1.29, 1.82) is 0 Å². The van der Waals surface area contributed by atoms with Crippen LogP contribution in [0.5, 0.6) is 0 Å². The van der Waals surface area contributed by atoms with Gasteiger partial charge >= 0.3 is 0 Å². The fourth-order valence-electron chi connectivity index (χ4n) is 4.71. The quantitative estimate of drug-likeness (QED) is 0.0765. The molecule has 9 nitrogen and oxygen atoms in total. The van der Waals surface area contributed by atoms with Crippen LogP contribution in [0.15, 0.2) is 0 Å². The summed E-state index contributed by atoms with van der Waals surface area (Å²) in [5.74, 6) is -0.486. The van der Waals surface area contributed by atoms with Crippen molar-refractivity contribution in [1.82, 2.24) is 16.0 Å². The van der Waals surface area contributed by atoms with Crippen LogP contribution in [-0.4, -0.2) is 68.6 Å². The van der Waals surface area contributed by atoms with Gasteiger partial charge in [-0.15, -0.1) is 0 Å². The van der Waals surface area contributed by atoms with E-state index in [1.54, 1.807) is 13.8 Å². The highest BCUT2D eigenvalue weighted by Gasteiger charge is 2.28. The Hall–Kier alpha value is -2.00. The summed E-state index contributed by atoms with van der Waals surface area (Å²) in [6.45, 7) is 11.0. The molecule has 0 heterocycles. The van der Waals surface area contributed by atoms with E-state index in [1.165, 1.54) is 83.5 Å². The van der Waals surface area contributed by atoms with Crippen LogP contribution in [-0.2, 0) is 28.7 Å². The molecule has 0 radical (unpaired) electrons. The lowest BCUT2D eigenvalue weighted by atomic mass is 10.0. The van der Waals surface area contributed by atoms with Gasteiger partial charge in [-0.25, -0.2) is 0 Å². The molecule has 0 unspecified atom stereocenters. The van der Waals surface area contributed by atoms with Gasteiger partial charge in [0, 0.05) is 31.8 Å². The van der Waals surface area contributed by atoms with Gasteiger partial charge in [0.1, 0.15) is 12.1 Å². The Balaban J connectivity index is 3.65. The Morgan fingerprint density at radius 1 is 0.591 bits per heavy atom.